The predicted octanol–water partition coefficient (Wildman–Crippen LogP) is 5.46. The molecule has 180 valence electrons. The Morgan fingerprint density at radius 1 is 0.886 bits per heavy atom. The fourth-order valence-electron chi connectivity index (χ4n) is 4.32. The lowest BCUT2D eigenvalue weighted by Crippen LogP contribution is -2.31. The molecule has 0 N–H and O–H groups in total. The van der Waals surface area contributed by atoms with Crippen molar-refractivity contribution < 1.29 is 8.42 Å². The second-order valence-electron chi connectivity index (χ2n) is 8.64. The highest BCUT2D eigenvalue weighted by Gasteiger charge is 2.25. The molecular formula is C27H28N4O2S2. The van der Waals surface area contributed by atoms with Gasteiger partial charge in [-0.3, -0.25) is 4.98 Å². The van der Waals surface area contributed by atoms with E-state index in [9.17, 15) is 8.42 Å². The Morgan fingerprint density at radius 3 is 2.31 bits per heavy atom. The number of thiazole rings is 1. The highest BCUT2D eigenvalue weighted by molar-refractivity contribution is 7.89. The van der Waals surface area contributed by atoms with Crippen LogP contribution in [0.25, 0.3) is 11.3 Å². The van der Waals surface area contributed by atoms with E-state index in [1.54, 1.807) is 34.0 Å². The molecule has 0 unspecified atom stereocenters. The van der Waals surface area contributed by atoms with Gasteiger partial charge < -0.3 is 4.57 Å². The second-order valence-corrected chi connectivity index (χ2v) is 11.4. The smallest absolute Gasteiger partial charge is 0.243 e. The van der Waals surface area contributed by atoms with Gasteiger partial charge >= 0.3 is 0 Å². The molecule has 0 aliphatic carbocycles. The summed E-state index contributed by atoms with van der Waals surface area (Å²) in [5, 5.41) is 2.08. The van der Waals surface area contributed by atoms with E-state index < -0.39 is 10.0 Å². The Bertz CT molecular complexity index is 1420. The molecule has 6 nitrogen and oxygen atoms in total. The lowest BCUT2D eigenvalue weighted by molar-refractivity contribution is 0.424. The van der Waals surface area contributed by atoms with E-state index in [0.29, 0.717) is 24.5 Å². The summed E-state index contributed by atoms with van der Waals surface area (Å²) >= 11 is 1.57. The molecule has 0 bridgehead atoms. The average Bonchev–Trinajstić information content (AvgIpc) is 3.08. The summed E-state index contributed by atoms with van der Waals surface area (Å²) in [6.45, 7) is 1.82. The van der Waals surface area contributed by atoms with Crippen LogP contribution in [0.3, 0.4) is 0 Å². The maximum Gasteiger partial charge on any atom is 0.243 e. The normalized spacial score (nSPS) is 15.7. The molecule has 0 spiro atoms. The zero-order chi connectivity index (χ0) is 24.1. The van der Waals surface area contributed by atoms with E-state index in [1.165, 1.54) is 0 Å². The lowest BCUT2D eigenvalue weighted by Gasteiger charge is -2.20. The molecule has 2 aromatic carbocycles. The monoisotopic (exact) mass is 504 g/mol. The molecule has 0 saturated carbocycles. The number of benzene rings is 2. The summed E-state index contributed by atoms with van der Waals surface area (Å²) in [5.74, 6) is 0. The van der Waals surface area contributed by atoms with Crippen LogP contribution in [-0.4, -0.2) is 35.4 Å². The van der Waals surface area contributed by atoms with Gasteiger partial charge in [0.1, 0.15) is 0 Å². The summed E-state index contributed by atoms with van der Waals surface area (Å²) in [4.78, 5) is 10.4. The molecule has 0 amide bonds. The van der Waals surface area contributed by atoms with Crippen LogP contribution in [0.5, 0.6) is 0 Å². The molecule has 1 aliphatic rings. The molecule has 8 heteroatoms. The zero-order valence-electron chi connectivity index (χ0n) is 19.5. The van der Waals surface area contributed by atoms with E-state index in [4.69, 9.17) is 4.99 Å². The Hall–Kier alpha value is -3.07. The van der Waals surface area contributed by atoms with E-state index in [2.05, 4.69) is 14.9 Å². The van der Waals surface area contributed by atoms with Crippen molar-refractivity contribution in [2.45, 2.75) is 37.1 Å². The van der Waals surface area contributed by atoms with Gasteiger partial charge in [0.05, 0.1) is 22.8 Å². The predicted molar refractivity (Wildman–Crippen MR) is 140 cm³/mol. The third kappa shape index (κ3) is 5.45. The average molecular weight is 505 g/mol. The van der Waals surface area contributed by atoms with E-state index in [-0.39, 0.29) is 0 Å². The fraction of sp³-hybridized carbons (Fsp3) is 0.259. The fourth-order valence-corrected chi connectivity index (χ4v) is 6.76. The second kappa shape index (κ2) is 10.7. The number of para-hydroxylation sites is 1. The van der Waals surface area contributed by atoms with Crippen molar-refractivity contribution in [3.8, 4) is 11.3 Å². The van der Waals surface area contributed by atoms with Crippen LogP contribution < -0.4 is 4.80 Å². The van der Waals surface area contributed by atoms with E-state index in [1.807, 2.05) is 60.8 Å². The van der Waals surface area contributed by atoms with Gasteiger partial charge in [-0.25, -0.2) is 13.4 Å². The lowest BCUT2D eigenvalue weighted by atomic mass is 10.1. The number of pyridine rings is 1. The first-order valence-electron chi connectivity index (χ1n) is 11.9. The number of rotatable bonds is 6. The molecule has 1 aliphatic heterocycles. The van der Waals surface area contributed by atoms with Crippen LogP contribution in [0.4, 0.5) is 5.69 Å². The molecule has 1 fully saturated rings. The van der Waals surface area contributed by atoms with Crippen molar-refractivity contribution in [2.24, 2.45) is 4.99 Å². The van der Waals surface area contributed by atoms with Crippen molar-refractivity contribution in [1.29, 1.82) is 0 Å². The van der Waals surface area contributed by atoms with Crippen LogP contribution >= 0.6 is 11.3 Å². The number of nitrogens with zero attached hydrogens (tertiary/aromatic N) is 4. The highest BCUT2D eigenvalue weighted by atomic mass is 32.2. The van der Waals surface area contributed by atoms with Gasteiger partial charge in [0.25, 0.3) is 0 Å². The summed E-state index contributed by atoms with van der Waals surface area (Å²) in [7, 11) is -3.48. The van der Waals surface area contributed by atoms with Crippen molar-refractivity contribution >= 4 is 27.0 Å². The summed E-state index contributed by atoms with van der Waals surface area (Å²) in [5.41, 5.74) is 3.91. The molecule has 35 heavy (non-hydrogen) atoms. The minimum Gasteiger partial charge on any atom is -0.312 e. The summed E-state index contributed by atoms with van der Waals surface area (Å²) in [6.07, 6.45) is 7.66. The Balaban J connectivity index is 1.51. The van der Waals surface area contributed by atoms with Gasteiger partial charge in [-0.05, 0) is 54.3 Å². The maximum absolute atomic E-state index is 13.2. The van der Waals surface area contributed by atoms with Crippen LogP contribution in [-0.2, 0) is 16.6 Å². The molecule has 0 atom stereocenters. The van der Waals surface area contributed by atoms with Crippen LogP contribution in [0.2, 0.25) is 0 Å². The minimum absolute atomic E-state index is 0.353. The highest BCUT2D eigenvalue weighted by Crippen LogP contribution is 2.26. The van der Waals surface area contributed by atoms with E-state index >= 15 is 0 Å². The molecule has 5 rings (SSSR count). The standard InChI is InChI=1S/C27H28N4O2S2/c32-35(33,30-17-6-1-2-7-18-30)25-14-12-23(13-15-25)26-21-34-27(29-24-10-4-3-5-11-24)31(26)20-22-9-8-16-28-19-22/h3-5,8-16,19,21H,1-2,6-7,17-18,20H2. The minimum atomic E-state index is -3.48. The van der Waals surface area contributed by atoms with Crippen LogP contribution in [0.15, 0.2) is 94.4 Å². The number of sulfonamides is 1. The molecule has 4 aromatic rings. The number of hydrogen-bond donors (Lipinski definition) is 0. The quantitative estimate of drug-likeness (QED) is 0.350. The molecule has 1 saturated heterocycles. The molecule has 0 radical (unpaired) electrons. The Labute approximate surface area is 210 Å². The zero-order valence-corrected chi connectivity index (χ0v) is 21.1. The third-order valence-corrected chi connectivity index (χ3v) is 8.97. The van der Waals surface area contributed by atoms with Gasteiger partial charge in [-0.2, -0.15) is 4.31 Å². The Kier molecular flexibility index (Phi) is 7.22. The van der Waals surface area contributed by atoms with Crippen LogP contribution in [0, 0.1) is 0 Å². The van der Waals surface area contributed by atoms with Crippen molar-refractivity contribution in [1.82, 2.24) is 13.9 Å². The first-order chi connectivity index (χ1) is 17.1. The van der Waals surface area contributed by atoms with Gasteiger partial charge in [0, 0.05) is 30.9 Å². The van der Waals surface area contributed by atoms with Crippen molar-refractivity contribution in [3.63, 3.8) is 0 Å². The first kappa shape index (κ1) is 23.7. The van der Waals surface area contributed by atoms with Crippen molar-refractivity contribution in [3.05, 3.63) is 94.9 Å². The van der Waals surface area contributed by atoms with Crippen molar-refractivity contribution in [2.75, 3.05) is 13.1 Å². The molecular weight excluding hydrogens is 476 g/mol. The van der Waals surface area contributed by atoms with Crippen LogP contribution in [0.1, 0.15) is 31.2 Å². The number of aromatic nitrogens is 2. The van der Waals surface area contributed by atoms with Gasteiger partial charge in [0.2, 0.25) is 10.0 Å². The SMILES string of the molecule is O=S(=O)(c1ccc(-c2csc(=Nc3ccccc3)n2Cc2cccnc2)cc1)N1CCCCCC1. The largest absolute Gasteiger partial charge is 0.312 e. The molecule has 2 aromatic heterocycles. The van der Waals surface area contributed by atoms with E-state index in [0.717, 1.165) is 53.0 Å². The number of hydrogen-bond acceptors (Lipinski definition) is 5. The van der Waals surface area contributed by atoms with Gasteiger partial charge in [0.15, 0.2) is 4.80 Å². The maximum atomic E-state index is 13.2. The topological polar surface area (TPSA) is 67.6 Å². The summed E-state index contributed by atoms with van der Waals surface area (Å²) < 4.78 is 30.2. The third-order valence-electron chi connectivity index (χ3n) is 6.19. The summed E-state index contributed by atoms with van der Waals surface area (Å²) in [6, 6.07) is 21.1. The first-order valence-corrected chi connectivity index (χ1v) is 14.2. The van der Waals surface area contributed by atoms with Gasteiger partial charge in [-0.15, -0.1) is 11.3 Å². The molecule has 3 heterocycles. The van der Waals surface area contributed by atoms with Gasteiger partial charge in [-0.1, -0.05) is 49.2 Å². The Morgan fingerprint density at radius 2 is 1.63 bits per heavy atom.